The van der Waals surface area contributed by atoms with Gasteiger partial charge in [-0.05, 0) is 53.6 Å². The Morgan fingerprint density at radius 1 is 0.368 bits per heavy atom. The van der Waals surface area contributed by atoms with Crippen molar-refractivity contribution in [1.29, 1.82) is 0 Å². The third-order valence-corrected chi connectivity index (χ3v) is 12.3. The highest BCUT2D eigenvalue weighted by Crippen LogP contribution is 2.46. The molecule has 0 aliphatic heterocycles. The highest BCUT2D eigenvalue weighted by molar-refractivity contribution is 7.25. The fourth-order valence-corrected chi connectivity index (χ4v) is 9.82. The van der Waals surface area contributed by atoms with Crippen LogP contribution in [0.1, 0.15) is 0 Å². The number of hydrogen-bond acceptors (Lipinski definition) is 4. The molecule has 0 unspecified atom stereocenters. The van der Waals surface area contributed by atoms with E-state index in [1.807, 2.05) is 18.2 Å². The van der Waals surface area contributed by atoms with Crippen molar-refractivity contribution in [2.24, 2.45) is 0 Å². The molecule has 0 aliphatic rings. The molecule has 0 amide bonds. The third-order valence-electron chi connectivity index (χ3n) is 11.2. The molecule has 0 spiro atoms. The van der Waals surface area contributed by atoms with E-state index >= 15 is 0 Å². The van der Waals surface area contributed by atoms with Crippen molar-refractivity contribution >= 4 is 75.1 Å². The van der Waals surface area contributed by atoms with Gasteiger partial charge < -0.3 is 4.57 Å². The van der Waals surface area contributed by atoms with Gasteiger partial charge in [-0.1, -0.05) is 146 Å². The zero-order chi connectivity index (χ0) is 37.5. The maximum Gasteiger partial charge on any atom is 0.238 e. The molecule has 0 saturated heterocycles. The van der Waals surface area contributed by atoms with Crippen LogP contribution in [0, 0.1) is 0 Å². The van der Waals surface area contributed by atoms with Crippen molar-refractivity contribution < 1.29 is 0 Å². The van der Waals surface area contributed by atoms with E-state index in [1.165, 1.54) is 42.1 Å². The van der Waals surface area contributed by atoms with Crippen LogP contribution in [0.25, 0.3) is 109 Å². The SMILES string of the molecule is c1ccc(-c2nc(-c3ccc4c(c3)sc3ccccc34)nc(-n3c4ccccc4c4cc(-c5ccccc5)c5c6ccccc6n(-c6ccccc6)c5c43)n2)cc1. The van der Waals surface area contributed by atoms with Gasteiger partial charge in [0.25, 0.3) is 0 Å². The van der Waals surface area contributed by atoms with E-state index in [1.54, 1.807) is 11.3 Å². The minimum Gasteiger partial charge on any atom is -0.307 e. The Labute approximate surface area is 331 Å². The molecule has 4 aromatic heterocycles. The van der Waals surface area contributed by atoms with E-state index in [0.717, 1.165) is 49.7 Å². The lowest BCUT2D eigenvalue weighted by molar-refractivity contribution is 0.953. The van der Waals surface area contributed by atoms with Gasteiger partial charge in [-0.15, -0.1) is 11.3 Å². The summed E-state index contributed by atoms with van der Waals surface area (Å²) in [5.41, 5.74) is 9.63. The Hall–Kier alpha value is -7.41. The molecule has 6 heteroatoms. The largest absolute Gasteiger partial charge is 0.307 e. The number of nitrogens with zero attached hydrogens (tertiary/aromatic N) is 5. The van der Waals surface area contributed by atoms with Gasteiger partial charge in [0.15, 0.2) is 11.6 Å². The predicted molar refractivity (Wildman–Crippen MR) is 238 cm³/mol. The average Bonchev–Trinajstić information content (AvgIpc) is 3.94. The normalized spacial score (nSPS) is 11.9. The van der Waals surface area contributed by atoms with Crippen molar-refractivity contribution in [3.63, 3.8) is 0 Å². The summed E-state index contributed by atoms with van der Waals surface area (Å²) >= 11 is 1.80. The Morgan fingerprint density at radius 3 is 1.70 bits per heavy atom. The van der Waals surface area contributed by atoms with E-state index in [2.05, 4.69) is 179 Å². The molecule has 0 bridgehead atoms. The maximum absolute atomic E-state index is 5.41. The molecule has 0 aliphatic carbocycles. The lowest BCUT2D eigenvalue weighted by Gasteiger charge is -2.14. The van der Waals surface area contributed by atoms with Gasteiger partial charge in [0, 0.05) is 58.5 Å². The van der Waals surface area contributed by atoms with Crippen LogP contribution in [0.4, 0.5) is 0 Å². The van der Waals surface area contributed by atoms with Crippen LogP contribution in [0.2, 0.25) is 0 Å². The van der Waals surface area contributed by atoms with Gasteiger partial charge in [0.05, 0.1) is 22.1 Å². The maximum atomic E-state index is 5.41. The first kappa shape index (κ1) is 31.9. The molecule has 57 heavy (non-hydrogen) atoms. The molecular formula is C51H31N5S. The standard InChI is InChI=1S/C51H31N5S/c1-4-16-32(17-5-1)40-31-41-36-22-10-13-25-42(36)56(47(41)48-46(40)39-24-11-14-26-43(39)55(48)35-20-8-3-9-21-35)51-53-49(33-18-6-2-7-19-33)52-50(54-51)34-28-29-38-37-23-12-15-27-44(37)57-45(38)30-34/h1-31H. The predicted octanol–water partition coefficient (Wildman–Crippen LogP) is 13.4. The molecule has 5 nitrogen and oxygen atoms in total. The van der Waals surface area contributed by atoms with E-state index < -0.39 is 0 Å². The summed E-state index contributed by atoms with van der Waals surface area (Å²) in [5.74, 6) is 1.82. The van der Waals surface area contributed by atoms with Crippen LogP contribution in [-0.2, 0) is 0 Å². The molecule has 4 heterocycles. The molecule has 0 radical (unpaired) electrons. The second-order valence-corrected chi connectivity index (χ2v) is 15.5. The summed E-state index contributed by atoms with van der Waals surface area (Å²) in [6.07, 6.45) is 0. The van der Waals surface area contributed by atoms with Crippen LogP contribution < -0.4 is 0 Å². The minimum absolute atomic E-state index is 0.570. The Morgan fingerprint density at radius 2 is 0.947 bits per heavy atom. The van der Waals surface area contributed by atoms with Crippen LogP contribution in [-0.4, -0.2) is 24.1 Å². The van der Waals surface area contributed by atoms with E-state index in [0.29, 0.717) is 17.6 Å². The molecular weight excluding hydrogens is 715 g/mol. The van der Waals surface area contributed by atoms with Crippen molar-refractivity contribution in [2.75, 3.05) is 0 Å². The summed E-state index contributed by atoms with van der Waals surface area (Å²) in [4.78, 5) is 15.9. The molecule has 0 fully saturated rings. The van der Waals surface area contributed by atoms with Gasteiger partial charge >= 0.3 is 0 Å². The molecule has 266 valence electrons. The van der Waals surface area contributed by atoms with Crippen molar-refractivity contribution in [3.8, 4) is 45.5 Å². The lowest BCUT2D eigenvalue weighted by atomic mass is 9.96. The first-order valence-electron chi connectivity index (χ1n) is 19.1. The van der Waals surface area contributed by atoms with Crippen LogP contribution in [0.15, 0.2) is 188 Å². The minimum atomic E-state index is 0.570. The summed E-state index contributed by atoms with van der Waals surface area (Å²) in [5, 5.41) is 7.14. The fourth-order valence-electron chi connectivity index (χ4n) is 8.67. The molecule has 0 atom stereocenters. The van der Waals surface area contributed by atoms with Gasteiger partial charge in [0.1, 0.15) is 0 Å². The number of hydrogen-bond donors (Lipinski definition) is 0. The molecule has 0 N–H and O–H groups in total. The summed E-state index contributed by atoms with van der Waals surface area (Å²) in [6.45, 7) is 0. The third kappa shape index (κ3) is 4.91. The van der Waals surface area contributed by atoms with Gasteiger partial charge in [-0.3, -0.25) is 4.57 Å². The quantitative estimate of drug-likeness (QED) is 0.176. The number of thiophene rings is 1. The monoisotopic (exact) mass is 745 g/mol. The second kappa shape index (κ2) is 12.6. The average molecular weight is 746 g/mol. The molecule has 12 rings (SSSR count). The molecule has 12 aromatic rings. The highest BCUT2D eigenvalue weighted by Gasteiger charge is 2.26. The van der Waals surface area contributed by atoms with E-state index in [4.69, 9.17) is 15.0 Å². The Kier molecular flexibility index (Phi) is 7.03. The van der Waals surface area contributed by atoms with Crippen LogP contribution in [0.3, 0.4) is 0 Å². The van der Waals surface area contributed by atoms with Gasteiger partial charge in [-0.25, -0.2) is 4.98 Å². The van der Waals surface area contributed by atoms with Crippen LogP contribution in [0.5, 0.6) is 0 Å². The van der Waals surface area contributed by atoms with E-state index in [9.17, 15) is 0 Å². The second-order valence-electron chi connectivity index (χ2n) is 14.4. The topological polar surface area (TPSA) is 48.5 Å². The number of para-hydroxylation sites is 3. The first-order valence-corrected chi connectivity index (χ1v) is 19.9. The van der Waals surface area contributed by atoms with Gasteiger partial charge in [-0.2, -0.15) is 9.97 Å². The highest BCUT2D eigenvalue weighted by atomic mass is 32.1. The summed E-state index contributed by atoms with van der Waals surface area (Å²) in [7, 11) is 0. The molecule has 0 saturated carbocycles. The van der Waals surface area contributed by atoms with Crippen molar-refractivity contribution in [3.05, 3.63) is 188 Å². The van der Waals surface area contributed by atoms with E-state index in [-0.39, 0.29) is 0 Å². The summed E-state index contributed by atoms with van der Waals surface area (Å²) < 4.78 is 7.17. The lowest BCUT2D eigenvalue weighted by Crippen LogP contribution is -2.07. The summed E-state index contributed by atoms with van der Waals surface area (Å²) in [6, 6.07) is 66.7. The smallest absolute Gasteiger partial charge is 0.238 e. The van der Waals surface area contributed by atoms with Crippen molar-refractivity contribution in [1.82, 2.24) is 24.1 Å². The number of fused-ring (bicyclic) bond motifs is 10. The number of aromatic nitrogens is 5. The first-order chi connectivity index (χ1) is 28.3. The Bertz CT molecular complexity index is 3510. The fraction of sp³-hybridized carbons (Fsp3) is 0. The Balaban J connectivity index is 1.24. The number of benzene rings is 8. The van der Waals surface area contributed by atoms with Gasteiger partial charge in [0.2, 0.25) is 5.95 Å². The van der Waals surface area contributed by atoms with Crippen molar-refractivity contribution in [2.45, 2.75) is 0 Å². The van der Waals surface area contributed by atoms with Crippen LogP contribution >= 0.6 is 11.3 Å². The number of rotatable bonds is 5. The zero-order valence-corrected chi connectivity index (χ0v) is 31.4. The zero-order valence-electron chi connectivity index (χ0n) is 30.5. The molecule has 8 aromatic carbocycles.